The van der Waals surface area contributed by atoms with Gasteiger partial charge in [0.25, 0.3) is 11.8 Å². The van der Waals surface area contributed by atoms with Gasteiger partial charge in [-0.15, -0.1) is 17.0 Å². The fraction of sp³-hybridized carbons (Fsp3) is 0.556. The van der Waals surface area contributed by atoms with E-state index in [9.17, 15) is 19.2 Å². The van der Waals surface area contributed by atoms with E-state index in [1.54, 1.807) is 50.8 Å². The van der Waals surface area contributed by atoms with Gasteiger partial charge in [-0.2, -0.15) is 0 Å². The minimum Gasteiger partial charge on any atom is -0.332 e. The molecule has 0 spiro atoms. The lowest BCUT2D eigenvalue weighted by atomic mass is 10.2. The van der Waals surface area contributed by atoms with Crippen LogP contribution < -0.4 is 54.0 Å². The first-order valence-corrected chi connectivity index (χ1v) is 19.0. The Morgan fingerprint density at radius 3 is 1.37 bits per heavy atom. The maximum absolute atomic E-state index is 12.4. The van der Waals surface area contributed by atoms with E-state index in [2.05, 4.69) is 62.5 Å². The van der Waals surface area contributed by atoms with Crippen LogP contribution in [0, 0.1) is 0 Å². The van der Waals surface area contributed by atoms with E-state index in [1.165, 1.54) is 9.80 Å². The summed E-state index contributed by atoms with van der Waals surface area (Å²) >= 11 is 0. The average Bonchev–Trinajstić information content (AvgIpc) is 3.20. The number of hydrogen-bond acceptors (Lipinski definition) is 16. The zero-order valence-corrected chi connectivity index (χ0v) is 34.7. The van der Waals surface area contributed by atoms with Gasteiger partial charge in [0, 0.05) is 78.6 Å². The lowest BCUT2D eigenvalue weighted by molar-refractivity contribution is -0.138. The highest BCUT2D eigenvalue weighted by Crippen LogP contribution is 2.08. The first-order valence-electron chi connectivity index (χ1n) is 19.0. The Morgan fingerprint density at radius 1 is 0.649 bits per heavy atom. The van der Waals surface area contributed by atoms with Crippen molar-refractivity contribution in [2.24, 2.45) is 21.5 Å². The van der Waals surface area contributed by atoms with E-state index >= 15 is 0 Å². The molecule has 0 bridgehead atoms. The van der Waals surface area contributed by atoms with E-state index in [4.69, 9.17) is 11.5 Å². The summed E-state index contributed by atoms with van der Waals surface area (Å²) in [7, 11) is 3.27. The molecule has 0 aliphatic carbocycles. The molecule has 2 aromatic rings. The van der Waals surface area contributed by atoms with Crippen molar-refractivity contribution < 1.29 is 19.2 Å². The molecule has 2 atom stereocenters. The fourth-order valence-corrected chi connectivity index (χ4v) is 5.33. The van der Waals surface area contributed by atoms with Crippen molar-refractivity contribution in [2.45, 2.75) is 37.8 Å². The summed E-state index contributed by atoms with van der Waals surface area (Å²) in [5.41, 5.74) is 10.8. The van der Waals surface area contributed by atoms with Crippen LogP contribution in [0.5, 0.6) is 0 Å². The number of aromatic nitrogens is 2. The van der Waals surface area contributed by atoms with Gasteiger partial charge in [0.15, 0.2) is 0 Å². The number of guanidine groups is 2. The third-order valence-electron chi connectivity index (χ3n) is 8.57. The van der Waals surface area contributed by atoms with Gasteiger partial charge in [-0.3, -0.25) is 29.8 Å². The van der Waals surface area contributed by atoms with Crippen LogP contribution in [0.3, 0.4) is 0 Å². The SMILES string of the molecule is Br.CN(C(=O)CCNCCCNCCN)C1CN=C(Nc2ccccn2)NC1=O.CN(C(=O)CCNCCCNCCN)C1CN=C(Nc2ccccn2)NC1=O. The van der Waals surface area contributed by atoms with Crippen molar-refractivity contribution in [3.8, 4) is 0 Å². The van der Waals surface area contributed by atoms with Crippen LogP contribution in [0.1, 0.15) is 25.7 Å². The van der Waals surface area contributed by atoms with Crippen LogP contribution in [-0.4, -0.2) is 160 Å². The number of carbonyl (C=O) groups is 4. The van der Waals surface area contributed by atoms with E-state index in [0.717, 1.165) is 52.1 Å². The number of amides is 4. The third-order valence-corrected chi connectivity index (χ3v) is 8.57. The molecular formula is C36H61BrN16O4. The monoisotopic (exact) mass is 860 g/mol. The maximum Gasteiger partial charge on any atom is 0.251 e. The predicted octanol–water partition coefficient (Wildman–Crippen LogP) is -1.97. The molecule has 316 valence electrons. The standard InChI is InChI=1S/2C18H30N8O2.BrH/c2*1-26(16(27)6-11-20-8-4-9-21-12-7-19)14-13-23-18(25-17(14)28)24-15-5-2-3-10-22-15;/h2*2-3,5,10,14,20-21H,4,6-9,11-13,19H2,1H3,(H2,22,23,24,25,28);1H. The Labute approximate surface area is 345 Å². The number of halogens is 1. The quantitative estimate of drug-likeness (QED) is 0.0576. The molecule has 0 fully saturated rings. The maximum atomic E-state index is 12.4. The van der Waals surface area contributed by atoms with Crippen molar-refractivity contribution in [3.63, 3.8) is 0 Å². The molecule has 0 aromatic carbocycles. The van der Waals surface area contributed by atoms with Gasteiger partial charge in [0.1, 0.15) is 23.7 Å². The van der Waals surface area contributed by atoms with Crippen LogP contribution in [0.15, 0.2) is 58.8 Å². The van der Waals surface area contributed by atoms with E-state index < -0.39 is 12.1 Å². The summed E-state index contributed by atoms with van der Waals surface area (Å²) < 4.78 is 0. The first-order chi connectivity index (χ1) is 27.2. The second kappa shape index (κ2) is 28.7. The van der Waals surface area contributed by atoms with Gasteiger partial charge in [-0.25, -0.2) is 20.0 Å². The molecule has 12 N–H and O–H groups in total. The minimum absolute atomic E-state index is 0. The van der Waals surface area contributed by atoms with Crippen molar-refractivity contribution in [3.05, 3.63) is 48.8 Å². The molecule has 4 amide bonds. The number of rotatable bonds is 22. The average molecular weight is 862 g/mol. The number of likely N-dealkylation sites (N-methyl/N-ethyl adjacent to an activating group) is 2. The number of hydrogen-bond donors (Lipinski definition) is 10. The summed E-state index contributed by atoms with van der Waals surface area (Å²) in [6.45, 7) is 7.91. The zero-order valence-electron chi connectivity index (χ0n) is 33.0. The molecule has 0 radical (unpaired) electrons. The summed E-state index contributed by atoms with van der Waals surface area (Å²) in [6.07, 6.45) is 5.89. The van der Waals surface area contributed by atoms with Gasteiger partial charge >= 0.3 is 0 Å². The van der Waals surface area contributed by atoms with Crippen LogP contribution in [0.25, 0.3) is 0 Å². The van der Waals surface area contributed by atoms with Gasteiger partial charge < -0.3 is 53.2 Å². The van der Waals surface area contributed by atoms with Gasteiger partial charge in [0.2, 0.25) is 23.7 Å². The molecule has 2 unspecified atom stereocenters. The summed E-state index contributed by atoms with van der Waals surface area (Å²) in [5.74, 6) is 1.15. The third kappa shape index (κ3) is 18.9. The molecule has 20 nitrogen and oxygen atoms in total. The lowest BCUT2D eigenvalue weighted by Crippen LogP contribution is -2.55. The number of nitrogens with zero attached hydrogens (tertiary/aromatic N) is 6. The van der Waals surface area contributed by atoms with Crippen LogP contribution in [0.4, 0.5) is 11.6 Å². The molecule has 0 saturated heterocycles. The van der Waals surface area contributed by atoms with Crippen LogP contribution in [-0.2, 0) is 19.2 Å². The largest absolute Gasteiger partial charge is 0.332 e. The molecule has 2 aliphatic heterocycles. The molecule has 0 saturated carbocycles. The first kappa shape index (κ1) is 48.5. The van der Waals surface area contributed by atoms with Crippen molar-refractivity contribution in [2.75, 3.05) is 103 Å². The van der Waals surface area contributed by atoms with Crippen LogP contribution >= 0.6 is 17.0 Å². The number of nitrogens with one attached hydrogen (secondary N) is 8. The Bertz CT molecular complexity index is 1430. The van der Waals surface area contributed by atoms with Crippen molar-refractivity contribution in [1.29, 1.82) is 0 Å². The van der Waals surface area contributed by atoms with E-state index in [0.29, 0.717) is 62.6 Å². The lowest BCUT2D eigenvalue weighted by Gasteiger charge is -2.29. The number of anilines is 2. The van der Waals surface area contributed by atoms with E-state index in [-0.39, 0.29) is 53.7 Å². The Kier molecular flexibility index (Phi) is 24.4. The normalized spacial score (nSPS) is 16.0. The van der Waals surface area contributed by atoms with E-state index in [1.807, 2.05) is 12.1 Å². The molecule has 4 heterocycles. The summed E-state index contributed by atoms with van der Waals surface area (Å²) in [4.78, 5) is 69.2. The van der Waals surface area contributed by atoms with Crippen molar-refractivity contribution in [1.82, 2.24) is 51.7 Å². The Balaban J connectivity index is 0.000000387. The summed E-state index contributed by atoms with van der Waals surface area (Å²) in [5, 5.41) is 24.2. The summed E-state index contributed by atoms with van der Waals surface area (Å²) in [6, 6.07) is 9.61. The van der Waals surface area contributed by atoms with Crippen molar-refractivity contribution >= 4 is 64.2 Å². The van der Waals surface area contributed by atoms with Gasteiger partial charge in [-0.1, -0.05) is 12.1 Å². The molecule has 57 heavy (non-hydrogen) atoms. The fourth-order valence-electron chi connectivity index (χ4n) is 5.33. The topological polar surface area (TPSA) is 274 Å². The Hall–Kier alpha value is -4.64. The van der Waals surface area contributed by atoms with Crippen LogP contribution in [0.2, 0.25) is 0 Å². The van der Waals surface area contributed by atoms with Gasteiger partial charge in [0.05, 0.1) is 13.1 Å². The predicted molar refractivity (Wildman–Crippen MR) is 228 cm³/mol. The molecule has 4 rings (SSSR count). The number of carbonyl (C=O) groups excluding carboxylic acids is 4. The number of pyridine rings is 2. The van der Waals surface area contributed by atoms with Gasteiger partial charge in [-0.05, 0) is 63.3 Å². The number of aliphatic imine (C=N–C) groups is 2. The molecule has 2 aliphatic rings. The molecule has 2 aromatic heterocycles. The minimum atomic E-state index is -0.609. The second-order valence-electron chi connectivity index (χ2n) is 12.9. The smallest absolute Gasteiger partial charge is 0.251 e. The molecule has 21 heteroatoms. The number of nitrogens with two attached hydrogens (primary N) is 2. The highest BCUT2D eigenvalue weighted by atomic mass is 79.9. The highest BCUT2D eigenvalue weighted by molar-refractivity contribution is 8.93. The molecular weight excluding hydrogens is 800 g/mol. The second-order valence-corrected chi connectivity index (χ2v) is 12.9. The zero-order chi connectivity index (χ0) is 40.4. The highest BCUT2D eigenvalue weighted by Gasteiger charge is 2.31. The Morgan fingerprint density at radius 2 is 1.04 bits per heavy atom.